The van der Waals surface area contributed by atoms with E-state index in [-0.39, 0.29) is 0 Å². The predicted molar refractivity (Wildman–Crippen MR) is 109 cm³/mol. The van der Waals surface area contributed by atoms with Gasteiger partial charge >= 0.3 is 0 Å². The Kier molecular flexibility index (Phi) is 4.04. The summed E-state index contributed by atoms with van der Waals surface area (Å²) in [7, 11) is 0. The summed E-state index contributed by atoms with van der Waals surface area (Å²) in [6, 6.07) is 9.10. The molecule has 140 valence electrons. The van der Waals surface area contributed by atoms with E-state index in [9.17, 15) is 0 Å². The smallest absolute Gasteiger partial charge is 0.235 e. The molecule has 0 radical (unpaired) electrons. The van der Waals surface area contributed by atoms with Gasteiger partial charge in [-0.3, -0.25) is 0 Å². The lowest BCUT2D eigenvalue weighted by Crippen LogP contribution is -1.91. The van der Waals surface area contributed by atoms with Crippen molar-refractivity contribution in [1.29, 1.82) is 0 Å². The molecule has 0 saturated carbocycles. The molecule has 0 aliphatic heterocycles. The van der Waals surface area contributed by atoms with Crippen molar-refractivity contribution in [3.8, 4) is 33.3 Å². The molecule has 0 saturated heterocycles. The molecule has 0 aliphatic carbocycles. The van der Waals surface area contributed by atoms with E-state index in [2.05, 4.69) is 10.2 Å². The number of benzene rings is 1. The molecule has 4 aromatic heterocycles. The van der Waals surface area contributed by atoms with Gasteiger partial charge in [-0.2, -0.15) is 9.61 Å². The molecule has 0 N–H and O–H groups in total. The molecule has 0 bridgehead atoms. The van der Waals surface area contributed by atoms with E-state index in [1.165, 1.54) is 11.3 Å². The highest BCUT2D eigenvalue weighted by Crippen LogP contribution is 2.38. The monoisotopic (exact) mass is 430 g/mol. The van der Waals surface area contributed by atoms with E-state index in [1.54, 1.807) is 22.9 Å². The highest BCUT2D eigenvalue weighted by Gasteiger charge is 2.20. The Morgan fingerprint density at radius 3 is 2.57 bits per heavy atom. The van der Waals surface area contributed by atoms with E-state index >= 15 is 0 Å². The summed E-state index contributed by atoms with van der Waals surface area (Å²) in [4.78, 5) is 0.692. The maximum Gasteiger partial charge on any atom is 0.235 e. The SMILES string of the molecule is Cc1oc(-c2ccc(Cl)cc2Cl)cc1-c1nn2c(-c3ccoc3C)nnc2s1. The Bertz CT molecular complexity index is 1330. The largest absolute Gasteiger partial charge is 0.469 e. The number of furan rings is 2. The number of fused-ring (bicyclic) bond motifs is 1. The van der Waals surface area contributed by atoms with Gasteiger partial charge < -0.3 is 8.83 Å². The summed E-state index contributed by atoms with van der Waals surface area (Å²) >= 11 is 13.8. The van der Waals surface area contributed by atoms with Crippen LogP contribution in [-0.4, -0.2) is 19.8 Å². The van der Waals surface area contributed by atoms with Gasteiger partial charge in [-0.25, -0.2) is 0 Å². The topological polar surface area (TPSA) is 69.4 Å². The van der Waals surface area contributed by atoms with Crippen LogP contribution in [-0.2, 0) is 0 Å². The van der Waals surface area contributed by atoms with Crippen LogP contribution in [0.25, 0.3) is 38.2 Å². The van der Waals surface area contributed by atoms with E-state index in [0.717, 1.165) is 33.2 Å². The van der Waals surface area contributed by atoms with Crippen molar-refractivity contribution in [3.63, 3.8) is 0 Å². The highest BCUT2D eigenvalue weighted by molar-refractivity contribution is 7.19. The Balaban J connectivity index is 1.60. The van der Waals surface area contributed by atoms with Gasteiger partial charge in [0, 0.05) is 10.6 Å². The Hall–Kier alpha value is -2.61. The number of hydrogen-bond acceptors (Lipinski definition) is 6. The van der Waals surface area contributed by atoms with Gasteiger partial charge in [0.15, 0.2) is 10.8 Å². The van der Waals surface area contributed by atoms with Crippen LogP contribution < -0.4 is 0 Å². The van der Waals surface area contributed by atoms with Gasteiger partial charge in [0.05, 0.1) is 22.4 Å². The fourth-order valence-electron chi connectivity index (χ4n) is 3.03. The van der Waals surface area contributed by atoms with Crippen molar-refractivity contribution in [1.82, 2.24) is 19.8 Å². The first-order valence-electron chi connectivity index (χ1n) is 8.34. The third kappa shape index (κ3) is 2.74. The van der Waals surface area contributed by atoms with Crippen LogP contribution in [0.4, 0.5) is 0 Å². The molecule has 0 aliphatic rings. The van der Waals surface area contributed by atoms with Crippen LogP contribution >= 0.6 is 34.5 Å². The minimum absolute atomic E-state index is 0.531. The lowest BCUT2D eigenvalue weighted by molar-refractivity contribution is 0.535. The molecular weight excluding hydrogens is 419 g/mol. The molecule has 28 heavy (non-hydrogen) atoms. The van der Waals surface area contributed by atoms with Crippen LogP contribution in [0.2, 0.25) is 10.0 Å². The van der Waals surface area contributed by atoms with Crippen LogP contribution in [0.15, 0.2) is 45.4 Å². The molecule has 0 amide bonds. The van der Waals surface area contributed by atoms with Crippen molar-refractivity contribution >= 4 is 39.5 Å². The Morgan fingerprint density at radius 2 is 1.82 bits per heavy atom. The van der Waals surface area contributed by atoms with Gasteiger partial charge in [0.2, 0.25) is 4.96 Å². The fraction of sp³-hybridized carbons (Fsp3) is 0.105. The standard InChI is InChI=1S/C19H12Cl2N4O2S/c1-9-12(5-6-26-9)17-22-23-19-25(17)24-18(28-19)14-8-16(27-10(14)2)13-4-3-11(20)7-15(13)21/h3-8H,1-2H3. The zero-order chi connectivity index (χ0) is 19.4. The second-order valence-electron chi connectivity index (χ2n) is 6.22. The molecule has 1 aromatic carbocycles. The third-order valence-electron chi connectivity index (χ3n) is 4.44. The lowest BCUT2D eigenvalue weighted by atomic mass is 10.1. The van der Waals surface area contributed by atoms with Gasteiger partial charge in [-0.05, 0) is 44.2 Å². The second-order valence-corrected chi connectivity index (χ2v) is 8.02. The Morgan fingerprint density at radius 1 is 0.964 bits per heavy atom. The first-order chi connectivity index (χ1) is 13.5. The normalized spacial score (nSPS) is 11.6. The minimum Gasteiger partial charge on any atom is -0.469 e. The zero-order valence-electron chi connectivity index (χ0n) is 14.7. The number of halogens is 2. The fourth-order valence-corrected chi connectivity index (χ4v) is 4.43. The van der Waals surface area contributed by atoms with Gasteiger partial charge in [0.1, 0.15) is 17.3 Å². The van der Waals surface area contributed by atoms with Gasteiger partial charge in [-0.1, -0.05) is 34.5 Å². The predicted octanol–water partition coefficient (Wildman–Crippen LogP) is 6.30. The highest BCUT2D eigenvalue weighted by atomic mass is 35.5. The average Bonchev–Trinajstić information content (AvgIpc) is 3.39. The van der Waals surface area contributed by atoms with Crippen LogP contribution in [0.3, 0.4) is 0 Å². The number of nitrogens with zero attached hydrogens (tertiary/aromatic N) is 4. The molecule has 9 heteroatoms. The maximum absolute atomic E-state index is 6.32. The van der Waals surface area contributed by atoms with Crippen molar-refractivity contribution in [2.24, 2.45) is 0 Å². The first kappa shape index (κ1) is 17.5. The number of aromatic nitrogens is 4. The van der Waals surface area contributed by atoms with Crippen molar-refractivity contribution in [2.75, 3.05) is 0 Å². The second kappa shape index (κ2) is 6.48. The van der Waals surface area contributed by atoms with Crippen LogP contribution in [0.1, 0.15) is 11.5 Å². The quantitative estimate of drug-likeness (QED) is 0.336. The first-order valence-corrected chi connectivity index (χ1v) is 9.91. The summed E-state index contributed by atoms with van der Waals surface area (Å²) < 4.78 is 13.0. The number of rotatable bonds is 3. The molecular formula is C19H12Cl2N4O2S. The zero-order valence-corrected chi connectivity index (χ0v) is 17.1. The summed E-state index contributed by atoms with van der Waals surface area (Å²) in [5, 5.41) is 15.1. The minimum atomic E-state index is 0.531. The third-order valence-corrected chi connectivity index (χ3v) is 5.92. The molecule has 6 nitrogen and oxygen atoms in total. The lowest BCUT2D eigenvalue weighted by Gasteiger charge is -2.00. The number of aryl methyl sites for hydroxylation is 2. The Labute approximate surface area is 173 Å². The van der Waals surface area contributed by atoms with Crippen LogP contribution in [0, 0.1) is 13.8 Å². The van der Waals surface area contributed by atoms with Crippen molar-refractivity contribution in [3.05, 3.63) is 58.2 Å². The molecule has 0 atom stereocenters. The average molecular weight is 431 g/mol. The van der Waals surface area contributed by atoms with E-state index in [0.29, 0.717) is 26.6 Å². The molecule has 0 unspecified atom stereocenters. The maximum atomic E-state index is 6.32. The van der Waals surface area contributed by atoms with E-state index < -0.39 is 0 Å². The summed E-state index contributed by atoms with van der Waals surface area (Å²) in [5.41, 5.74) is 2.52. The van der Waals surface area contributed by atoms with Crippen LogP contribution in [0.5, 0.6) is 0 Å². The van der Waals surface area contributed by atoms with E-state index in [4.69, 9.17) is 37.1 Å². The number of hydrogen-bond donors (Lipinski definition) is 0. The molecule has 5 aromatic rings. The van der Waals surface area contributed by atoms with Crippen molar-refractivity contribution < 1.29 is 8.83 Å². The van der Waals surface area contributed by atoms with Crippen molar-refractivity contribution in [2.45, 2.75) is 13.8 Å². The molecule has 0 fully saturated rings. The summed E-state index contributed by atoms with van der Waals surface area (Å²) in [5.74, 6) is 2.81. The summed E-state index contributed by atoms with van der Waals surface area (Å²) in [6.07, 6.45) is 1.63. The molecule has 5 rings (SSSR count). The van der Waals surface area contributed by atoms with Gasteiger partial charge in [0.25, 0.3) is 0 Å². The molecule has 0 spiro atoms. The molecule has 4 heterocycles. The summed E-state index contributed by atoms with van der Waals surface area (Å²) in [6.45, 7) is 3.78. The van der Waals surface area contributed by atoms with Gasteiger partial charge in [-0.15, -0.1) is 10.2 Å². The van der Waals surface area contributed by atoms with E-state index in [1.807, 2.05) is 32.0 Å².